The molecule has 0 aliphatic carbocycles. The molecule has 5 nitrogen and oxygen atoms in total. The average Bonchev–Trinajstić information content (AvgIpc) is 2.72. The molecule has 0 unspecified atom stereocenters. The van der Waals surface area contributed by atoms with E-state index in [1.165, 1.54) is 0 Å². The second kappa shape index (κ2) is 11.5. The molecule has 7 heteroatoms. The maximum atomic E-state index is 13.0. The summed E-state index contributed by atoms with van der Waals surface area (Å²) in [6.07, 6.45) is 0.828. The normalized spacial score (nSPS) is 12.7. The average molecular weight is 573 g/mol. The lowest BCUT2D eigenvalue weighted by atomic mass is 10.1. The van der Waals surface area contributed by atoms with Crippen LogP contribution in [0.3, 0.4) is 0 Å². The molecule has 29 heavy (non-hydrogen) atoms. The number of hydrogen-bond donors (Lipinski definition) is 1. The van der Waals surface area contributed by atoms with Crippen LogP contribution in [0.15, 0.2) is 53.0 Å². The van der Waals surface area contributed by atoms with Crippen molar-refractivity contribution >= 4 is 50.3 Å². The Labute approximate surface area is 194 Å². The second-order valence-electron chi connectivity index (χ2n) is 6.88. The summed E-state index contributed by atoms with van der Waals surface area (Å²) in [6, 6.07) is 14.6. The van der Waals surface area contributed by atoms with Crippen LogP contribution in [0.25, 0.3) is 0 Å². The van der Waals surface area contributed by atoms with E-state index in [9.17, 15) is 9.59 Å². The van der Waals surface area contributed by atoms with Gasteiger partial charge in [-0.05, 0) is 84.8 Å². The Morgan fingerprint density at radius 1 is 1.10 bits per heavy atom. The highest BCUT2D eigenvalue weighted by Crippen LogP contribution is 2.16. The summed E-state index contributed by atoms with van der Waals surface area (Å²) in [5.41, 5.74) is 0.944. The Hall–Kier alpha value is -1.61. The van der Waals surface area contributed by atoms with Crippen LogP contribution in [0.2, 0.25) is 0 Å². The number of carbonyl (C=O) groups excluding carboxylic acids is 2. The van der Waals surface area contributed by atoms with Crippen molar-refractivity contribution in [2.75, 3.05) is 6.61 Å². The monoisotopic (exact) mass is 572 g/mol. The fourth-order valence-corrected chi connectivity index (χ4v) is 3.22. The van der Waals surface area contributed by atoms with E-state index in [4.69, 9.17) is 4.74 Å². The van der Waals surface area contributed by atoms with Gasteiger partial charge in [0.25, 0.3) is 5.91 Å². The predicted octanol–water partition coefficient (Wildman–Crippen LogP) is 4.76. The summed E-state index contributed by atoms with van der Waals surface area (Å²) in [7, 11) is 0. The van der Waals surface area contributed by atoms with Crippen molar-refractivity contribution in [2.45, 2.75) is 45.8 Å². The van der Waals surface area contributed by atoms with Crippen molar-refractivity contribution in [3.05, 3.63) is 62.1 Å². The molecule has 0 saturated heterocycles. The molecule has 0 spiro atoms. The van der Waals surface area contributed by atoms with Gasteiger partial charge in [-0.1, -0.05) is 35.0 Å². The van der Waals surface area contributed by atoms with Gasteiger partial charge in [-0.25, -0.2) is 0 Å². The Morgan fingerprint density at radius 2 is 1.72 bits per heavy atom. The standard InChI is InChI=1S/C22H26BrIN2O3/c1-4-15(2)25-22(28)16(3)26(13-17-5-7-18(23)8-6-17)21(27)14-29-20-11-9-19(24)10-12-20/h5-12,15-16H,4,13-14H2,1-3H3,(H,25,28)/t15-,16-/m0/s1. The minimum atomic E-state index is -0.611. The van der Waals surface area contributed by atoms with E-state index in [0.717, 1.165) is 20.0 Å². The molecular formula is C22H26BrIN2O3. The van der Waals surface area contributed by atoms with Crippen molar-refractivity contribution in [3.63, 3.8) is 0 Å². The second-order valence-corrected chi connectivity index (χ2v) is 9.05. The van der Waals surface area contributed by atoms with Crippen molar-refractivity contribution in [2.24, 2.45) is 0 Å². The zero-order valence-electron chi connectivity index (χ0n) is 16.8. The zero-order valence-corrected chi connectivity index (χ0v) is 20.6. The first-order chi connectivity index (χ1) is 13.8. The van der Waals surface area contributed by atoms with Crippen LogP contribution < -0.4 is 10.1 Å². The first kappa shape index (κ1) is 23.7. The third-order valence-corrected chi connectivity index (χ3v) is 5.86. The Balaban J connectivity index is 2.13. The van der Waals surface area contributed by atoms with Gasteiger partial charge in [0.15, 0.2) is 6.61 Å². The maximum absolute atomic E-state index is 13.0. The van der Waals surface area contributed by atoms with Crippen LogP contribution in [-0.2, 0) is 16.1 Å². The highest BCUT2D eigenvalue weighted by Gasteiger charge is 2.27. The lowest BCUT2D eigenvalue weighted by Gasteiger charge is -2.29. The molecule has 0 aliphatic heterocycles. The molecule has 0 aliphatic rings. The van der Waals surface area contributed by atoms with Crippen LogP contribution >= 0.6 is 38.5 Å². The zero-order chi connectivity index (χ0) is 21.4. The van der Waals surface area contributed by atoms with E-state index in [1.54, 1.807) is 11.8 Å². The summed E-state index contributed by atoms with van der Waals surface area (Å²) >= 11 is 5.63. The molecule has 2 atom stereocenters. The molecule has 156 valence electrons. The van der Waals surface area contributed by atoms with E-state index in [-0.39, 0.29) is 24.5 Å². The van der Waals surface area contributed by atoms with Crippen molar-refractivity contribution < 1.29 is 14.3 Å². The molecule has 2 aromatic rings. The number of nitrogens with one attached hydrogen (secondary N) is 1. The van der Waals surface area contributed by atoms with Crippen LogP contribution in [0.4, 0.5) is 0 Å². The molecule has 2 rings (SSSR count). The van der Waals surface area contributed by atoms with Gasteiger partial charge in [0.2, 0.25) is 5.91 Å². The lowest BCUT2D eigenvalue weighted by molar-refractivity contribution is -0.142. The maximum Gasteiger partial charge on any atom is 0.261 e. The molecule has 2 amide bonds. The number of rotatable bonds is 9. The molecule has 0 fully saturated rings. The quantitative estimate of drug-likeness (QED) is 0.441. The minimum absolute atomic E-state index is 0.0534. The summed E-state index contributed by atoms with van der Waals surface area (Å²) < 4.78 is 7.71. The van der Waals surface area contributed by atoms with Crippen LogP contribution in [-0.4, -0.2) is 35.4 Å². The number of hydrogen-bond acceptors (Lipinski definition) is 3. The minimum Gasteiger partial charge on any atom is -0.484 e. The molecule has 2 aromatic carbocycles. The Bertz CT molecular complexity index is 812. The van der Waals surface area contributed by atoms with Gasteiger partial charge in [-0.3, -0.25) is 9.59 Å². The third-order valence-electron chi connectivity index (χ3n) is 4.61. The lowest BCUT2D eigenvalue weighted by Crippen LogP contribution is -2.50. The SMILES string of the molecule is CC[C@H](C)NC(=O)[C@H](C)N(Cc1ccc(Br)cc1)C(=O)COc1ccc(I)cc1. The molecule has 1 N–H and O–H groups in total. The van der Waals surface area contributed by atoms with Gasteiger partial charge >= 0.3 is 0 Å². The van der Waals surface area contributed by atoms with Gasteiger partial charge in [0.05, 0.1) is 0 Å². The Kier molecular flexibility index (Phi) is 9.42. The van der Waals surface area contributed by atoms with Gasteiger partial charge in [-0.2, -0.15) is 0 Å². The smallest absolute Gasteiger partial charge is 0.261 e. The predicted molar refractivity (Wildman–Crippen MR) is 127 cm³/mol. The number of benzene rings is 2. The van der Waals surface area contributed by atoms with Gasteiger partial charge in [0, 0.05) is 20.6 Å². The topological polar surface area (TPSA) is 58.6 Å². The fourth-order valence-electron chi connectivity index (χ4n) is 2.59. The third kappa shape index (κ3) is 7.62. The molecule has 0 aromatic heterocycles. The van der Waals surface area contributed by atoms with Crippen molar-refractivity contribution in [3.8, 4) is 5.75 Å². The Morgan fingerprint density at radius 3 is 2.31 bits per heavy atom. The number of amides is 2. The largest absolute Gasteiger partial charge is 0.484 e. The van der Waals surface area contributed by atoms with Crippen molar-refractivity contribution in [1.82, 2.24) is 10.2 Å². The first-order valence-corrected chi connectivity index (χ1v) is 11.4. The molecule has 0 heterocycles. The van der Waals surface area contributed by atoms with Crippen LogP contribution in [0.1, 0.15) is 32.8 Å². The first-order valence-electron chi connectivity index (χ1n) is 9.52. The van der Waals surface area contributed by atoms with Gasteiger partial charge < -0.3 is 15.0 Å². The van der Waals surface area contributed by atoms with Gasteiger partial charge in [0.1, 0.15) is 11.8 Å². The molecule has 0 saturated carbocycles. The van der Waals surface area contributed by atoms with Crippen molar-refractivity contribution in [1.29, 1.82) is 0 Å². The fraction of sp³-hybridized carbons (Fsp3) is 0.364. The summed E-state index contributed by atoms with van der Waals surface area (Å²) in [5, 5.41) is 2.96. The number of carbonyl (C=O) groups is 2. The van der Waals surface area contributed by atoms with E-state index in [2.05, 4.69) is 43.8 Å². The van der Waals surface area contributed by atoms with Crippen LogP contribution in [0, 0.1) is 3.57 Å². The summed E-state index contributed by atoms with van der Waals surface area (Å²) in [5.74, 6) is 0.219. The summed E-state index contributed by atoms with van der Waals surface area (Å²) in [4.78, 5) is 27.2. The van der Waals surface area contributed by atoms with E-state index in [1.807, 2.05) is 62.4 Å². The van der Waals surface area contributed by atoms with Gasteiger partial charge in [-0.15, -0.1) is 0 Å². The van der Waals surface area contributed by atoms with E-state index >= 15 is 0 Å². The summed E-state index contributed by atoms with van der Waals surface area (Å²) in [6.45, 7) is 5.91. The number of ether oxygens (including phenoxy) is 1. The van der Waals surface area contributed by atoms with E-state index < -0.39 is 6.04 Å². The highest BCUT2D eigenvalue weighted by atomic mass is 127. The number of halogens is 2. The molecular weight excluding hydrogens is 547 g/mol. The molecule has 0 radical (unpaired) electrons. The number of nitrogens with zero attached hydrogens (tertiary/aromatic N) is 1. The molecule has 0 bridgehead atoms. The van der Waals surface area contributed by atoms with Crippen LogP contribution in [0.5, 0.6) is 5.75 Å². The highest BCUT2D eigenvalue weighted by molar-refractivity contribution is 14.1. The van der Waals surface area contributed by atoms with E-state index in [0.29, 0.717) is 12.3 Å².